The van der Waals surface area contributed by atoms with Crippen molar-refractivity contribution in [3.8, 4) is 5.75 Å². The van der Waals surface area contributed by atoms with Crippen LogP contribution < -0.4 is 4.74 Å². The molecule has 1 rings (SSSR count). The zero-order valence-corrected chi connectivity index (χ0v) is 9.15. The lowest BCUT2D eigenvalue weighted by molar-refractivity contribution is 0.0600. The molecule has 1 aromatic rings. The van der Waals surface area contributed by atoms with E-state index >= 15 is 0 Å². The van der Waals surface area contributed by atoms with Crippen LogP contribution in [0.4, 0.5) is 0 Å². The Morgan fingerprint density at radius 3 is 2.43 bits per heavy atom. The van der Waals surface area contributed by atoms with Crippen LogP contribution in [0, 0.1) is 0 Å². The van der Waals surface area contributed by atoms with Gasteiger partial charge in [-0.15, -0.1) is 0 Å². The minimum atomic E-state index is -0.546. The average molecular weight is 235 g/mol. The third-order valence-corrected chi connectivity index (χ3v) is 2.24. The van der Waals surface area contributed by atoms with Gasteiger partial charge < -0.3 is 9.47 Å². The highest BCUT2D eigenvalue weighted by atomic mass is 35.5. The van der Waals surface area contributed by atoms with Crippen LogP contribution in [0.3, 0.4) is 0 Å². The molecule has 0 heterocycles. The van der Waals surface area contributed by atoms with Gasteiger partial charge in [-0.2, -0.15) is 0 Å². The molecule has 3 nitrogen and oxygen atoms in total. The monoisotopic (exact) mass is 234 g/mol. The zero-order chi connectivity index (χ0) is 10.7. The molecule has 0 aliphatic rings. The van der Waals surface area contributed by atoms with E-state index in [1.165, 1.54) is 26.4 Å². The first kappa shape index (κ1) is 11.1. The van der Waals surface area contributed by atoms with Gasteiger partial charge in [-0.1, -0.05) is 23.2 Å². The van der Waals surface area contributed by atoms with Gasteiger partial charge in [0.2, 0.25) is 0 Å². The van der Waals surface area contributed by atoms with Gasteiger partial charge in [0, 0.05) is 11.1 Å². The van der Waals surface area contributed by atoms with E-state index in [4.69, 9.17) is 27.9 Å². The topological polar surface area (TPSA) is 35.5 Å². The fourth-order valence-electron chi connectivity index (χ4n) is 0.971. The molecule has 0 atom stereocenters. The number of carbonyl (C=O) groups is 1. The molecule has 0 fully saturated rings. The molecule has 0 radical (unpaired) electrons. The van der Waals surface area contributed by atoms with E-state index in [0.29, 0.717) is 10.8 Å². The molecule has 0 aliphatic carbocycles. The highest BCUT2D eigenvalue weighted by molar-refractivity contribution is 6.37. The van der Waals surface area contributed by atoms with E-state index in [0.717, 1.165) is 0 Å². The molecule has 76 valence electrons. The standard InChI is InChI=1S/C9H8Cl2O3/c1-13-7-4-5(10)3-6(8(7)11)9(12)14-2/h3-4H,1-2H3. The van der Waals surface area contributed by atoms with Crippen molar-refractivity contribution in [1.29, 1.82) is 0 Å². The normalized spacial score (nSPS) is 9.71. The number of rotatable bonds is 2. The number of halogens is 2. The molecule has 0 aromatic heterocycles. The van der Waals surface area contributed by atoms with Crippen LogP contribution >= 0.6 is 23.2 Å². The van der Waals surface area contributed by atoms with Crippen molar-refractivity contribution in [2.24, 2.45) is 0 Å². The predicted octanol–water partition coefficient (Wildman–Crippen LogP) is 2.79. The van der Waals surface area contributed by atoms with E-state index in [1.54, 1.807) is 0 Å². The molecular formula is C9H8Cl2O3. The molecule has 0 bridgehead atoms. The van der Waals surface area contributed by atoms with Gasteiger partial charge in [-0.05, 0) is 6.07 Å². The summed E-state index contributed by atoms with van der Waals surface area (Å²) in [4.78, 5) is 11.2. The molecule has 14 heavy (non-hydrogen) atoms. The summed E-state index contributed by atoms with van der Waals surface area (Å²) in [6.45, 7) is 0. The van der Waals surface area contributed by atoms with E-state index in [2.05, 4.69) is 4.74 Å². The summed E-state index contributed by atoms with van der Waals surface area (Å²) in [5.74, 6) is -0.199. The largest absolute Gasteiger partial charge is 0.495 e. The second-order valence-corrected chi connectivity index (χ2v) is 3.28. The maximum absolute atomic E-state index is 11.2. The van der Waals surface area contributed by atoms with Crippen LogP contribution in [0.2, 0.25) is 10.0 Å². The van der Waals surface area contributed by atoms with Gasteiger partial charge in [0.05, 0.1) is 24.8 Å². The Balaban J connectivity index is 3.29. The molecule has 0 N–H and O–H groups in total. The number of methoxy groups -OCH3 is 2. The molecule has 0 aliphatic heterocycles. The Bertz CT molecular complexity index is 363. The second kappa shape index (κ2) is 4.53. The second-order valence-electron chi connectivity index (χ2n) is 2.46. The summed E-state index contributed by atoms with van der Waals surface area (Å²) in [5, 5.41) is 0.565. The maximum Gasteiger partial charge on any atom is 0.339 e. The summed E-state index contributed by atoms with van der Waals surface area (Å²) in [6, 6.07) is 2.95. The minimum Gasteiger partial charge on any atom is -0.495 e. The van der Waals surface area contributed by atoms with Gasteiger partial charge in [-0.25, -0.2) is 4.79 Å². The highest BCUT2D eigenvalue weighted by Gasteiger charge is 2.15. The van der Waals surface area contributed by atoms with Gasteiger partial charge in [0.25, 0.3) is 0 Å². The number of carbonyl (C=O) groups excluding carboxylic acids is 1. The van der Waals surface area contributed by atoms with E-state index in [9.17, 15) is 4.79 Å². The fourth-order valence-corrected chi connectivity index (χ4v) is 1.44. The molecule has 0 spiro atoms. The van der Waals surface area contributed by atoms with Crippen LogP contribution in [0.25, 0.3) is 0 Å². The van der Waals surface area contributed by atoms with Crippen LogP contribution in [0.1, 0.15) is 10.4 Å². The van der Waals surface area contributed by atoms with Crippen molar-refractivity contribution in [2.75, 3.05) is 14.2 Å². The molecule has 0 saturated heterocycles. The molecule has 5 heteroatoms. The summed E-state index contributed by atoms with van der Waals surface area (Å²) in [7, 11) is 2.71. The van der Waals surface area contributed by atoms with Crippen LogP contribution in [0.15, 0.2) is 12.1 Å². The number of hydrogen-bond acceptors (Lipinski definition) is 3. The third-order valence-electron chi connectivity index (χ3n) is 1.63. The van der Waals surface area contributed by atoms with Crippen LogP contribution in [-0.2, 0) is 4.74 Å². The average Bonchev–Trinajstić information content (AvgIpc) is 2.19. The summed E-state index contributed by atoms with van der Waals surface area (Å²) in [6.07, 6.45) is 0. The van der Waals surface area contributed by atoms with Crippen LogP contribution in [-0.4, -0.2) is 20.2 Å². The quantitative estimate of drug-likeness (QED) is 0.739. The smallest absolute Gasteiger partial charge is 0.339 e. The molecule has 0 unspecified atom stereocenters. The Kier molecular flexibility index (Phi) is 3.61. The highest BCUT2D eigenvalue weighted by Crippen LogP contribution is 2.32. The fraction of sp³-hybridized carbons (Fsp3) is 0.222. The lowest BCUT2D eigenvalue weighted by Gasteiger charge is -2.07. The van der Waals surface area contributed by atoms with Crippen molar-refractivity contribution < 1.29 is 14.3 Å². The lowest BCUT2D eigenvalue weighted by Crippen LogP contribution is -2.03. The van der Waals surface area contributed by atoms with Crippen molar-refractivity contribution >= 4 is 29.2 Å². The van der Waals surface area contributed by atoms with Gasteiger partial charge in [-0.3, -0.25) is 0 Å². The van der Waals surface area contributed by atoms with Crippen molar-refractivity contribution in [2.45, 2.75) is 0 Å². The number of ether oxygens (including phenoxy) is 2. The SMILES string of the molecule is COC(=O)c1cc(Cl)cc(OC)c1Cl. The summed E-state index contributed by atoms with van der Waals surface area (Å²) in [5.41, 5.74) is 0.193. The van der Waals surface area contributed by atoms with Crippen molar-refractivity contribution in [3.05, 3.63) is 27.7 Å². The zero-order valence-electron chi connectivity index (χ0n) is 7.64. The Hall–Kier alpha value is -0.930. The summed E-state index contributed by atoms with van der Waals surface area (Å²) >= 11 is 11.6. The molecule has 1 aromatic carbocycles. The first-order valence-corrected chi connectivity index (χ1v) is 4.47. The Morgan fingerprint density at radius 1 is 1.29 bits per heavy atom. The van der Waals surface area contributed by atoms with Gasteiger partial charge >= 0.3 is 5.97 Å². The molecule has 0 amide bonds. The predicted molar refractivity (Wildman–Crippen MR) is 54.4 cm³/mol. The summed E-state index contributed by atoms with van der Waals surface area (Å²) < 4.78 is 9.47. The number of esters is 1. The van der Waals surface area contributed by atoms with E-state index < -0.39 is 5.97 Å². The van der Waals surface area contributed by atoms with E-state index in [1.807, 2.05) is 0 Å². The number of benzene rings is 1. The Labute approximate surface area is 91.5 Å². The van der Waals surface area contributed by atoms with Crippen LogP contribution in [0.5, 0.6) is 5.75 Å². The van der Waals surface area contributed by atoms with Gasteiger partial charge in [0.15, 0.2) is 0 Å². The minimum absolute atomic E-state index is 0.193. The lowest BCUT2D eigenvalue weighted by atomic mass is 10.2. The third kappa shape index (κ3) is 2.11. The maximum atomic E-state index is 11.2. The number of hydrogen-bond donors (Lipinski definition) is 0. The van der Waals surface area contributed by atoms with Crippen molar-refractivity contribution in [3.63, 3.8) is 0 Å². The first-order valence-electron chi connectivity index (χ1n) is 3.71. The first-order chi connectivity index (χ1) is 6.60. The Morgan fingerprint density at radius 2 is 1.93 bits per heavy atom. The van der Waals surface area contributed by atoms with E-state index in [-0.39, 0.29) is 10.6 Å². The van der Waals surface area contributed by atoms with Gasteiger partial charge in [0.1, 0.15) is 5.75 Å². The molecule has 0 saturated carbocycles. The molecular weight excluding hydrogens is 227 g/mol. The van der Waals surface area contributed by atoms with Crippen molar-refractivity contribution in [1.82, 2.24) is 0 Å².